The number of carbonyl (C=O) groups is 1. The predicted octanol–water partition coefficient (Wildman–Crippen LogP) is 2.24. The third-order valence-electron chi connectivity index (χ3n) is 4.32. The first-order chi connectivity index (χ1) is 10.4. The van der Waals surface area contributed by atoms with Crippen molar-refractivity contribution in [1.82, 2.24) is 0 Å². The maximum Gasteiger partial charge on any atom is 0.339 e. The van der Waals surface area contributed by atoms with Crippen LogP contribution in [-0.2, 0) is 22.4 Å². The van der Waals surface area contributed by atoms with E-state index in [2.05, 4.69) is 0 Å². The zero-order valence-electron chi connectivity index (χ0n) is 13.4. The van der Waals surface area contributed by atoms with Crippen molar-refractivity contribution in [3.8, 4) is 11.5 Å². The number of hydrogen-bond acceptors (Lipinski definition) is 5. The molecule has 2 heterocycles. The summed E-state index contributed by atoms with van der Waals surface area (Å²) in [5.74, 6) is 0.794. The first-order valence-corrected chi connectivity index (χ1v) is 7.80. The van der Waals surface area contributed by atoms with Crippen LogP contribution in [0.25, 0.3) is 0 Å². The van der Waals surface area contributed by atoms with Crippen molar-refractivity contribution in [3.63, 3.8) is 0 Å². The highest BCUT2D eigenvalue weighted by atomic mass is 16.5. The molecule has 0 radical (unpaired) electrons. The molecule has 120 valence electrons. The Bertz CT molecular complexity index is 583. The van der Waals surface area contributed by atoms with E-state index in [-0.39, 0.29) is 18.8 Å². The molecule has 1 N–H and O–H groups in total. The van der Waals surface area contributed by atoms with Gasteiger partial charge in [0.2, 0.25) is 0 Å². The van der Waals surface area contributed by atoms with Crippen LogP contribution in [0.3, 0.4) is 0 Å². The monoisotopic (exact) mass is 306 g/mol. The molecule has 0 aliphatic carbocycles. The maximum atomic E-state index is 12.0. The van der Waals surface area contributed by atoms with E-state index in [1.165, 1.54) is 0 Å². The molecule has 22 heavy (non-hydrogen) atoms. The number of esters is 1. The largest absolute Gasteiger partial charge is 0.490 e. The summed E-state index contributed by atoms with van der Waals surface area (Å²) in [6, 6.07) is 0. The Morgan fingerprint density at radius 1 is 1.23 bits per heavy atom. The fourth-order valence-corrected chi connectivity index (χ4v) is 3.39. The van der Waals surface area contributed by atoms with E-state index in [9.17, 15) is 9.90 Å². The van der Waals surface area contributed by atoms with Crippen molar-refractivity contribution in [2.24, 2.45) is 0 Å². The van der Waals surface area contributed by atoms with E-state index >= 15 is 0 Å². The molecule has 3 unspecified atom stereocenters. The molecule has 0 fully saturated rings. The molecular formula is C17H22O5. The summed E-state index contributed by atoms with van der Waals surface area (Å²) < 4.78 is 16.8. The predicted molar refractivity (Wildman–Crippen MR) is 80.4 cm³/mol. The molecule has 0 spiro atoms. The van der Waals surface area contributed by atoms with Gasteiger partial charge in [-0.2, -0.15) is 0 Å². The number of carbonyl (C=O) groups excluding carboxylic acids is 1. The lowest BCUT2D eigenvalue weighted by Crippen LogP contribution is -2.18. The molecule has 0 saturated carbocycles. The molecule has 1 aromatic rings. The molecule has 3 rings (SSSR count). The Kier molecular flexibility index (Phi) is 3.77. The number of ether oxygens (including phenoxy) is 3. The lowest BCUT2D eigenvalue weighted by atomic mass is 9.91. The van der Waals surface area contributed by atoms with E-state index in [0.717, 1.165) is 28.9 Å². The van der Waals surface area contributed by atoms with Crippen molar-refractivity contribution in [2.75, 3.05) is 6.61 Å². The van der Waals surface area contributed by atoms with Gasteiger partial charge in [-0.3, -0.25) is 0 Å². The zero-order valence-corrected chi connectivity index (χ0v) is 13.4. The van der Waals surface area contributed by atoms with Crippen LogP contribution in [0.2, 0.25) is 0 Å². The fraction of sp³-hybridized carbons (Fsp3) is 0.588. The second-order valence-corrected chi connectivity index (χ2v) is 6.07. The maximum absolute atomic E-state index is 12.0. The van der Waals surface area contributed by atoms with Gasteiger partial charge in [0.1, 0.15) is 23.7 Å². The first-order valence-electron chi connectivity index (χ1n) is 7.80. The van der Waals surface area contributed by atoms with Crippen LogP contribution in [0.1, 0.15) is 49.1 Å². The Morgan fingerprint density at radius 3 is 2.45 bits per heavy atom. The molecule has 5 heteroatoms. The first kappa shape index (κ1) is 15.2. The average Bonchev–Trinajstić information content (AvgIpc) is 3.02. The molecule has 1 aromatic carbocycles. The summed E-state index contributed by atoms with van der Waals surface area (Å²) in [4.78, 5) is 12.0. The van der Waals surface area contributed by atoms with E-state index in [4.69, 9.17) is 14.2 Å². The minimum absolute atomic E-state index is 0.0294. The summed E-state index contributed by atoms with van der Waals surface area (Å²) in [6.07, 6.45) is 0.146. The second-order valence-electron chi connectivity index (χ2n) is 6.07. The van der Waals surface area contributed by atoms with Crippen molar-refractivity contribution in [2.45, 2.75) is 58.8 Å². The number of rotatable bonds is 3. The van der Waals surface area contributed by atoms with Gasteiger partial charge in [-0.15, -0.1) is 0 Å². The smallest absolute Gasteiger partial charge is 0.339 e. The minimum Gasteiger partial charge on any atom is -0.490 e. The number of hydrogen-bond donors (Lipinski definition) is 1. The normalized spacial score (nSPS) is 23.3. The number of aliphatic hydroxyl groups is 1. The zero-order chi connectivity index (χ0) is 16.0. The summed E-state index contributed by atoms with van der Waals surface area (Å²) in [5, 5.41) is 10.5. The molecular weight excluding hydrogens is 284 g/mol. The summed E-state index contributed by atoms with van der Waals surface area (Å²) in [7, 11) is 0. The van der Waals surface area contributed by atoms with Gasteiger partial charge in [0, 0.05) is 29.5 Å². The van der Waals surface area contributed by atoms with E-state index in [1.807, 2.05) is 20.8 Å². The highest BCUT2D eigenvalue weighted by Gasteiger charge is 2.38. The number of benzene rings is 1. The standard InChI is InChI=1S/C17H22O5/c1-5-20-17(19)14(18)13-12-7-9(3)21-15(12)10(4)11-6-8(2)22-16(11)13/h8-9,14,18H,5-7H2,1-4H3. The Hall–Kier alpha value is -1.75. The average molecular weight is 306 g/mol. The van der Waals surface area contributed by atoms with Gasteiger partial charge >= 0.3 is 5.97 Å². The third-order valence-corrected chi connectivity index (χ3v) is 4.32. The van der Waals surface area contributed by atoms with Gasteiger partial charge in [0.25, 0.3) is 0 Å². The van der Waals surface area contributed by atoms with Crippen LogP contribution in [0.4, 0.5) is 0 Å². The van der Waals surface area contributed by atoms with Crippen molar-refractivity contribution in [1.29, 1.82) is 0 Å². The summed E-state index contributed by atoms with van der Waals surface area (Å²) in [6.45, 7) is 7.93. The Balaban J connectivity index is 2.15. The molecule has 2 aliphatic heterocycles. The van der Waals surface area contributed by atoms with Gasteiger partial charge in [-0.1, -0.05) is 0 Å². The molecule has 0 amide bonds. The van der Waals surface area contributed by atoms with Crippen LogP contribution < -0.4 is 9.47 Å². The highest BCUT2D eigenvalue weighted by Crippen LogP contribution is 2.48. The van der Waals surface area contributed by atoms with E-state index in [0.29, 0.717) is 17.7 Å². The minimum atomic E-state index is -1.33. The van der Waals surface area contributed by atoms with Crippen molar-refractivity contribution >= 4 is 5.97 Å². The van der Waals surface area contributed by atoms with Gasteiger partial charge in [0.05, 0.1) is 6.61 Å². The van der Waals surface area contributed by atoms with Crippen LogP contribution in [0.15, 0.2) is 0 Å². The molecule has 5 nitrogen and oxygen atoms in total. The third kappa shape index (κ3) is 2.24. The molecule has 2 aliphatic rings. The van der Waals surface area contributed by atoms with E-state index < -0.39 is 12.1 Å². The van der Waals surface area contributed by atoms with Crippen LogP contribution in [-0.4, -0.2) is 29.9 Å². The van der Waals surface area contributed by atoms with Crippen LogP contribution in [0.5, 0.6) is 11.5 Å². The van der Waals surface area contributed by atoms with Crippen LogP contribution in [0, 0.1) is 6.92 Å². The lowest BCUT2D eigenvalue weighted by Gasteiger charge is -2.19. The Morgan fingerprint density at radius 2 is 1.82 bits per heavy atom. The summed E-state index contributed by atoms with van der Waals surface area (Å²) in [5.41, 5.74) is 3.48. The van der Waals surface area contributed by atoms with E-state index in [1.54, 1.807) is 6.92 Å². The topological polar surface area (TPSA) is 65.0 Å². The Labute approximate surface area is 130 Å². The number of fused-ring (bicyclic) bond motifs is 2. The molecule has 0 aromatic heterocycles. The second kappa shape index (κ2) is 5.47. The molecule has 0 saturated heterocycles. The van der Waals surface area contributed by atoms with Gasteiger partial charge in [-0.25, -0.2) is 4.79 Å². The SMILES string of the molecule is CCOC(=O)C(O)c1c2c(c(C)c3c1OC(C)C3)OC(C)C2. The van der Waals surface area contributed by atoms with Gasteiger partial charge in [0.15, 0.2) is 6.10 Å². The highest BCUT2D eigenvalue weighted by molar-refractivity contribution is 5.80. The fourth-order valence-electron chi connectivity index (χ4n) is 3.39. The van der Waals surface area contributed by atoms with Crippen LogP contribution >= 0.6 is 0 Å². The lowest BCUT2D eigenvalue weighted by molar-refractivity contribution is -0.153. The van der Waals surface area contributed by atoms with Crippen molar-refractivity contribution in [3.05, 3.63) is 22.3 Å². The molecule has 0 bridgehead atoms. The van der Waals surface area contributed by atoms with Gasteiger partial charge in [-0.05, 0) is 33.3 Å². The van der Waals surface area contributed by atoms with Gasteiger partial charge < -0.3 is 19.3 Å². The molecule has 3 atom stereocenters. The quantitative estimate of drug-likeness (QED) is 0.868. The number of aliphatic hydroxyl groups excluding tert-OH is 1. The van der Waals surface area contributed by atoms with Crippen molar-refractivity contribution < 1.29 is 24.1 Å². The summed E-state index contributed by atoms with van der Waals surface area (Å²) >= 11 is 0.